The maximum Gasteiger partial charge on any atom is 0.282 e. The van der Waals surface area contributed by atoms with Crippen LogP contribution in [0, 0.1) is 5.82 Å². The molecule has 1 aliphatic rings. The van der Waals surface area contributed by atoms with E-state index in [0.29, 0.717) is 5.69 Å². The van der Waals surface area contributed by atoms with Gasteiger partial charge in [-0.05, 0) is 42.7 Å². The molecule has 0 atom stereocenters. The summed E-state index contributed by atoms with van der Waals surface area (Å²) in [5.74, 6) is -0.868. The molecule has 0 fully saturated rings. The summed E-state index contributed by atoms with van der Waals surface area (Å²) < 4.78 is 40.6. The van der Waals surface area contributed by atoms with E-state index in [0.717, 1.165) is 36.7 Å². The summed E-state index contributed by atoms with van der Waals surface area (Å²) in [4.78, 5) is 3.62. The van der Waals surface area contributed by atoms with Crippen molar-refractivity contribution in [2.45, 2.75) is 17.9 Å². The Kier molecular flexibility index (Phi) is 3.50. The zero-order valence-electron chi connectivity index (χ0n) is 11.1. The van der Waals surface area contributed by atoms with Gasteiger partial charge in [0.15, 0.2) is 5.82 Å². The summed E-state index contributed by atoms with van der Waals surface area (Å²) >= 11 is 0. The van der Waals surface area contributed by atoms with Gasteiger partial charge in [0.1, 0.15) is 0 Å². The average Bonchev–Trinajstić information content (AvgIpc) is 2.47. The van der Waals surface area contributed by atoms with Crippen molar-refractivity contribution in [3.8, 4) is 0 Å². The van der Waals surface area contributed by atoms with Gasteiger partial charge < -0.3 is 5.32 Å². The topological polar surface area (TPSA) is 71.1 Å². The maximum atomic E-state index is 13.6. The maximum absolute atomic E-state index is 13.6. The minimum absolute atomic E-state index is 0.463. The van der Waals surface area contributed by atoms with Crippen LogP contribution in [0.1, 0.15) is 12.0 Å². The van der Waals surface area contributed by atoms with Crippen molar-refractivity contribution in [2.75, 3.05) is 16.6 Å². The molecule has 0 radical (unpaired) electrons. The molecule has 3 rings (SSSR count). The highest BCUT2D eigenvalue weighted by Gasteiger charge is 2.23. The van der Waals surface area contributed by atoms with E-state index in [4.69, 9.17) is 0 Å². The zero-order valence-corrected chi connectivity index (χ0v) is 12.0. The van der Waals surface area contributed by atoms with Gasteiger partial charge in [-0.3, -0.25) is 4.72 Å². The number of nitrogens with zero attached hydrogens (tertiary/aromatic N) is 1. The Morgan fingerprint density at radius 3 is 2.90 bits per heavy atom. The minimum Gasteiger partial charge on any atom is -0.385 e. The molecule has 1 aliphatic heterocycles. The zero-order chi connectivity index (χ0) is 14.9. The second kappa shape index (κ2) is 5.33. The molecule has 0 aliphatic carbocycles. The van der Waals surface area contributed by atoms with Crippen LogP contribution in [0.2, 0.25) is 0 Å². The summed E-state index contributed by atoms with van der Waals surface area (Å²) in [6, 6.07) is 7.74. The third-order valence-corrected chi connectivity index (χ3v) is 4.62. The number of rotatable bonds is 3. The Labute approximate surface area is 122 Å². The van der Waals surface area contributed by atoms with Crippen LogP contribution in [0.25, 0.3) is 0 Å². The van der Waals surface area contributed by atoms with E-state index in [1.54, 1.807) is 12.1 Å². The van der Waals surface area contributed by atoms with Gasteiger partial charge in [0, 0.05) is 18.4 Å². The second-order valence-corrected chi connectivity index (χ2v) is 6.36. The van der Waals surface area contributed by atoms with Gasteiger partial charge >= 0.3 is 0 Å². The van der Waals surface area contributed by atoms with Crippen LogP contribution in [0.5, 0.6) is 0 Å². The van der Waals surface area contributed by atoms with Crippen LogP contribution in [0.4, 0.5) is 15.8 Å². The van der Waals surface area contributed by atoms with Gasteiger partial charge in [-0.2, -0.15) is 8.42 Å². The normalized spacial score (nSPS) is 14.1. The second-order valence-electron chi connectivity index (χ2n) is 4.76. The summed E-state index contributed by atoms with van der Waals surface area (Å²) in [7, 11) is -4.04. The smallest absolute Gasteiger partial charge is 0.282 e. The van der Waals surface area contributed by atoms with Crippen LogP contribution in [-0.4, -0.2) is 19.9 Å². The Morgan fingerprint density at radius 1 is 1.24 bits per heavy atom. The molecule has 0 amide bonds. The number of halogens is 1. The van der Waals surface area contributed by atoms with Gasteiger partial charge in [0.05, 0.1) is 5.69 Å². The molecule has 2 aromatic rings. The lowest BCUT2D eigenvalue weighted by atomic mass is 10.0. The number of sulfonamides is 1. The quantitative estimate of drug-likeness (QED) is 0.913. The highest BCUT2D eigenvalue weighted by Crippen LogP contribution is 2.30. The number of hydrogen-bond donors (Lipinski definition) is 2. The summed E-state index contributed by atoms with van der Waals surface area (Å²) in [6.45, 7) is 0.859. The lowest BCUT2D eigenvalue weighted by molar-refractivity contribution is 0.556. The van der Waals surface area contributed by atoms with E-state index >= 15 is 0 Å². The van der Waals surface area contributed by atoms with Crippen LogP contribution in [0.3, 0.4) is 0 Å². The van der Waals surface area contributed by atoms with Crippen molar-refractivity contribution in [1.82, 2.24) is 4.98 Å². The Bertz CT molecular complexity index is 778. The number of hydrogen-bond acceptors (Lipinski definition) is 4. The Morgan fingerprint density at radius 2 is 2.10 bits per heavy atom. The summed E-state index contributed by atoms with van der Waals surface area (Å²) in [5, 5.41) is 2.62. The molecular formula is C14H14FN3O2S. The fraction of sp³-hybridized carbons (Fsp3) is 0.214. The SMILES string of the molecule is O=S(=O)(Nc1cccc2c1CCCN2)c1ncccc1F. The Balaban J connectivity index is 1.99. The van der Waals surface area contributed by atoms with Gasteiger partial charge in [-0.1, -0.05) is 6.07 Å². The molecule has 0 unspecified atom stereocenters. The third-order valence-electron chi connectivity index (χ3n) is 3.32. The van der Waals surface area contributed by atoms with Crippen molar-refractivity contribution < 1.29 is 12.8 Å². The predicted molar refractivity (Wildman–Crippen MR) is 78.3 cm³/mol. The lowest BCUT2D eigenvalue weighted by Crippen LogP contribution is -2.19. The summed E-state index contributed by atoms with van der Waals surface area (Å²) in [6.07, 6.45) is 2.94. The van der Waals surface area contributed by atoms with Gasteiger partial charge in [-0.15, -0.1) is 0 Å². The number of fused-ring (bicyclic) bond motifs is 1. The minimum atomic E-state index is -4.04. The molecule has 5 nitrogen and oxygen atoms in total. The monoisotopic (exact) mass is 307 g/mol. The first-order valence-electron chi connectivity index (χ1n) is 6.57. The van der Waals surface area contributed by atoms with Gasteiger partial charge in [0.25, 0.3) is 10.0 Å². The fourth-order valence-electron chi connectivity index (χ4n) is 2.37. The molecule has 2 heterocycles. The van der Waals surface area contributed by atoms with Gasteiger partial charge in [-0.25, -0.2) is 9.37 Å². The first kappa shape index (κ1) is 13.8. The highest BCUT2D eigenvalue weighted by molar-refractivity contribution is 7.92. The number of pyridine rings is 1. The third kappa shape index (κ3) is 2.69. The van der Waals surface area contributed by atoms with Gasteiger partial charge in [0.2, 0.25) is 5.03 Å². The van der Waals surface area contributed by atoms with Crippen molar-refractivity contribution in [1.29, 1.82) is 0 Å². The number of benzene rings is 1. The molecule has 7 heteroatoms. The van der Waals surface area contributed by atoms with Crippen LogP contribution in [0.15, 0.2) is 41.6 Å². The molecule has 2 N–H and O–H groups in total. The molecule has 1 aromatic heterocycles. The first-order chi connectivity index (χ1) is 10.1. The first-order valence-corrected chi connectivity index (χ1v) is 8.05. The van der Waals surface area contributed by atoms with Crippen molar-refractivity contribution in [3.63, 3.8) is 0 Å². The highest BCUT2D eigenvalue weighted by atomic mass is 32.2. The Hall–Kier alpha value is -2.15. The fourth-order valence-corrected chi connectivity index (χ4v) is 3.47. The van der Waals surface area contributed by atoms with E-state index in [1.165, 1.54) is 12.3 Å². The van der Waals surface area contributed by atoms with Crippen LogP contribution in [-0.2, 0) is 16.4 Å². The molecule has 0 saturated carbocycles. The molecule has 1 aromatic carbocycles. The molecule has 0 saturated heterocycles. The van der Waals surface area contributed by atoms with Crippen LogP contribution < -0.4 is 10.0 Å². The van der Waals surface area contributed by atoms with E-state index in [2.05, 4.69) is 15.0 Å². The molecule has 110 valence electrons. The summed E-state index contributed by atoms with van der Waals surface area (Å²) in [5.41, 5.74) is 2.26. The predicted octanol–water partition coefficient (Wildman–Crippen LogP) is 2.38. The number of aromatic nitrogens is 1. The lowest BCUT2D eigenvalue weighted by Gasteiger charge is -2.21. The number of anilines is 2. The largest absolute Gasteiger partial charge is 0.385 e. The average molecular weight is 307 g/mol. The number of nitrogens with one attached hydrogen (secondary N) is 2. The van der Waals surface area contributed by atoms with Crippen molar-refractivity contribution >= 4 is 21.4 Å². The van der Waals surface area contributed by atoms with E-state index in [-0.39, 0.29) is 0 Å². The van der Waals surface area contributed by atoms with Crippen molar-refractivity contribution in [3.05, 3.63) is 47.9 Å². The molecule has 0 bridgehead atoms. The molecule has 0 spiro atoms. The molecule has 21 heavy (non-hydrogen) atoms. The van der Waals surface area contributed by atoms with E-state index < -0.39 is 20.9 Å². The van der Waals surface area contributed by atoms with Crippen molar-refractivity contribution in [2.24, 2.45) is 0 Å². The van der Waals surface area contributed by atoms with E-state index in [1.807, 2.05) is 6.07 Å². The van der Waals surface area contributed by atoms with Crippen LogP contribution >= 0.6 is 0 Å². The molecular weight excluding hydrogens is 293 g/mol. The van der Waals surface area contributed by atoms with E-state index in [9.17, 15) is 12.8 Å². The standard InChI is InChI=1S/C14H14FN3O2S/c15-11-5-3-9-17-14(11)21(19,20)18-13-7-1-6-12-10(13)4-2-8-16-12/h1,3,5-7,9,16,18H,2,4,8H2.